The van der Waals surface area contributed by atoms with Crippen molar-refractivity contribution in [2.75, 3.05) is 0 Å². The molecule has 0 nitrogen and oxygen atoms in total. The van der Waals surface area contributed by atoms with Crippen LogP contribution in [0.15, 0.2) is 54.6 Å². The van der Waals surface area contributed by atoms with Gasteiger partial charge in [-0.15, -0.1) is 0 Å². The molecule has 0 aliphatic rings. The molecule has 0 aromatic heterocycles. The van der Waals surface area contributed by atoms with Gasteiger partial charge in [0.15, 0.2) is 0 Å². The van der Waals surface area contributed by atoms with Crippen molar-refractivity contribution in [3.05, 3.63) is 93.8 Å². The Morgan fingerprint density at radius 1 is 0.667 bits per heavy atom. The molecule has 0 saturated carbocycles. The minimum absolute atomic E-state index is 0.221. The lowest BCUT2D eigenvalue weighted by Crippen LogP contribution is -1.95. The van der Waals surface area contributed by atoms with E-state index in [9.17, 15) is 13.2 Å². The van der Waals surface area contributed by atoms with Crippen LogP contribution in [0.2, 0.25) is 5.02 Å². The zero-order chi connectivity index (χ0) is 19.4. The first-order valence-electron chi connectivity index (χ1n) is 8.99. The lowest BCUT2D eigenvalue weighted by molar-refractivity contribution is 0.580. The Balaban J connectivity index is 1.70. The summed E-state index contributed by atoms with van der Waals surface area (Å²) in [4.78, 5) is 0. The first-order valence-corrected chi connectivity index (χ1v) is 9.37. The van der Waals surface area contributed by atoms with Crippen LogP contribution in [0.3, 0.4) is 0 Å². The third kappa shape index (κ3) is 4.72. The largest absolute Gasteiger partial charge is 0.206 e. The lowest BCUT2D eigenvalue weighted by atomic mass is 9.98. The van der Waals surface area contributed by atoms with Crippen LogP contribution in [0.1, 0.15) is 30.0 Å². The predicted molar refractivity (Wildman–Crippen MR) is 105 cm³/mol. The van der Waals surface area contributed by atoms with E-state index in [4.69, 9.17) is 11.6 Å². The Morgan fingerprint density at radius 2 is 1.22 bits per heavy atom. The van der Waals surface area contributed by atoms with Gasteiger partial charge in [0.25, 0.3) is 0 Å². The van der Waals surface area contributed by atoms with Crippen LogP contribution >= 0.6 is 11.6 Å². The molecule has 0 aliphatic carbocycles. The Kier molecular flexibility index (Phi) is 6.22. The van der Waals surface area contributed by atoms with E-state index in [0.29, 0.717) is 24.0 Å². The molecular formula is C23H20ClF3. The average molecular weight is 389 g/mol. The highest BCUT2D eigenvalue weighted by Crippen LogP contribution is 2.25. The highest BCUT2D eigenvalue weighted by Gasteiger charge is 2.09. The molecular weight excluding hydrogens is 369 g/mol. The van der Waals surface area contributed by atoms with Crippen molar-refractivity contribution in [2.24, 2.45) is 0 Å². The SMILES string of the molecule is CCCc1ccc(-c2ccc(CCc3cc(F)c(Cl)c(F)c3)cc2)c(F)c1. The lowest BCUT2D eigenvalue weighted by Gasteiger charge is -2.08. The number of halogens is 4. The maximum atomic E-state index is 14.4. The third-order valence-corrected chi connectivity index (χ3v) is 4.94. The van der Waals surface area contributed by atoms with Crippen molar-refractivity contribution in [3.63, 3.8) is 0 Å². The molecule has 0 amide bonds. The van der Waals surface area contributed by atoms with Crippen LogP contribution in [0.5, 0.6) is 0 Å². The van der Waals surface area contributed by atoms with E-state index in [0.717, 1.165) is 29.5 Å². The van der Waals surface area contributed by atoms with Crippen molar-refractivity contribution in [2.45, 2.75) is 32.6 Å². The van der Waals surface area contributed by atoms with E-state index in [-0.39, 0.29) is 5.82 Å². The minimum Gasteiger partial charge on any atom is -0.206 e. The topological polar surface area (TPSA) is 0 Å². The van der Waals surface area contributed by atoms with Gasteiger partial charge in [0.2, 0.25) is 0 Å². The van der Waals surface area contributed by atoms with Gasteiger partial charge in [0.1, 0.15) is 22.5 Å². The summed E-state index contributed by atoms with van der Waals surface area (Å²) in [6, 6.07) is 15.5. The highest BCUT2D eigenvalue weighted by molar-refractivity contribution is 6.30. The highest BCUT2D eigenvalue weighted by atomic mass is 35.5. The zero-order valence-corrected chi connectivity index (χ0v) is 15.8. The van der Waals surface area contributed by atoms with E-state index >= 15 is 0 Å². The standard InChI is InChI=1S/C23H20ClF3/c1-2-3-16-8-11-19(20(25)12-16)18-9-6-15(7-10-18)4-5-17-13-21(26)23(24)22(27)14-17/h6-14H,2-5H2,1H3. The molecule has 0 heterocycles. The van der Waals surface area contributed by atoms with Gasteiger partial charge >= 0.3 is 0 Å². The molecule has 27 heavy (non-hydrogen) atoms. The molecule has 0 radical (unpaired) electrons. The van der Waals surface area contributed by atoms with E-state index in [1.54, 1.807) is 6.07 Å². The van der Waals surface area contributed by atoms with Gasteiger partial charge in [0.05, 0.1) is 0 Å². The third-order valence-electron chi connectivity index (χ3n) is 4.58. The first-order chi connectivity index (χ1) is 13.0. The summed E-state index contributed by atoms with van der Waals surface area (Å²) >= 11 is 5.50. The maximum absolute atomic E-state index is 14.4. The number of hydrogen-bond donors (Lipinski definition) is 0. The van der Waals surface area contributed by atoms with Gasteiger partial charge in [-0.2, -0.15) is 0 Å². The smallest absolute Gasteiger partial charge is 0.145 e. The van der Waals surface area contributed by atoms with Crippen LogP contribution in [-0.4, -0.2) is 0 Å². The minimum atomic E-state index is -0.746. The van der Waals surface area contributed by atoms with Crippen LogP contribution < -0.4 is 0 Å². The van der Waals surface area contributed by atoms with Crippen molar-refractivity contribution >= 4 is 11.6 Å². The quantitative estimate of drug-likeness (QED) is 0.393. The van der Waals surface area contributed by atoms with Gasteiger partial charge < -0.3 is 0 Å². The van der Waals surface area contributed by atoms with E-state index in [1.807, 2.05) is 36.4 Å². The monoisotopic (exact) mass is 388 g/mol. The van der Waals surface area contributed by atoms with Crippen LogP contribution in [-0.2, 0) is 19.3 Å². The van der Waals surface area contributed by atoms with Gasteiger partial charge in [-0.05, 0) is 59.7 Å². The molecule has 3 aromatic rings. The van der Waals surface area contributed by atoms with Crippen LogP contribution in [0.4, 0.5) is 13.2 Å². The van der Waals surface area contributed by atoms with Crippen LogP contribution in [0, 0.1) is 17.5 Å². The van der Waals surface area contributed by atoms with E-state index in [2.05, 4.69) is 6.92 Å². The fourth-order valence-electron chi connectivity index (χ4n) is 3.13. The number of hydrogen-bond acceptors (Lipinski definition) is 0. The predicted octanol–water partition coefficient (Wildman–Crippen LogP) is 7.16. The molecule has 0 aliphatic heterocycles. The molecule has 0 atom stereocenters. The molecule has 0 saturated heterocycles. The van der Waals surface area contributed by atoms with Gasteiger partial charge in [-0.1, -0.05) is 61.3 Å². The molecule has 0 bridgehead atoms. The average Bonchev–Trinajstić information content (AvgIpc) is 2.65. The van der Waals surface area contributed by atoms with E-state index in [1.165, 1.54) is 12.1 Å². The Labute approximate surface area is 162 Å². The van der Waals surface area contributed by atoms with Crippen molar-refractivity contribution in [1.82, 2.24) is 0 Å². The number of rotatable bonds is 6. The molecule has 140 valence electrons. The van der Waals surface area contributed by atoms with Crippen molar-refractivity contribution < 1.29 is 13.2 Å². The molecule has 0 N–H and O–H groups in total. The van der Waals surface area contributed by atoms with E-state index < -0.39 is 16.7 Å². The first kappa shape index (κ1) is 19.5. The summed E-state index contributed by atoms with van der Waals surface area (Å²) in [5.41, 5.74) is 3.94. The normalized spacial score (nSPS) is 11.0. The number of aryl methyl sites for hydroxylation is 3. The summed E-state index contributed by atoms with van der Waals surface area (Å²) in [5.74, 6) is -1.71. The summed E-state index contributed by atoms with van der Waals surface area (Å²) in [6.45, 7) is 2.07. The van der Waals surface area contributed by atoms with Crippen molar-refractivity contribution in [3.8, 4) is 11.1 Å². The fraction of sp³-hybridized carbons (Fsp3) is 0.217. The van der Waals surface area contributed by atoms with Gasteiger partial charge in [-0.3, -0.25) is 0 Å². The molecule has 0 fully saturated rings. The summed E-state index contributed by atoms with van der Waals surface area (Å²) in [7, 11) is 0. The molecule has 4 heteroatoms. The van der Waals surface area contributed by atoms with Crippen LogP contribution in [0.25, 0.3) is 11.1 Å². The molecule has 0 unspecified atom stereocenters. The summed E-state index contributed by atoms with van der Waals surface area (Å²) in [5, 5.41) is -0.477. The second-order valence-corrected chi connectivity index (χ2v) is 7.01. The second-order valence-electron chi connectivity index (χ2n) is 6.63. The Bertz CT molecular complexity index is 910. The molecule has 0 spiro atoms. The summed E-state index contributed by atoms with van der Waals surface area (Å²) < 4.78 is 41.4. The Morgan fingerprint density at radius 3 is 1.81 bits per heavy atom. The Hall–Kier alpha value is -2.26. The fourth-order valence-corrected chi connectivity index (χ4v) is 3.24. The molecule has 3 rings (SSSR count). The maximum Gasteiger partial charge on any atom is 0.145 e. The number of benzene rings is 3. The van der Waals surface area contributed by atoms with Crippen molar-refractivity contribution in [1.29, 1.82) is 0 Å². The zero-order valence-electron chi connectivity index (χ0n) is 15.0. The summed E-state index contributed by atoms with van der Waals surface area (Å²) in [6.07, 6.45) is 2.96. The second kappa shape index (κ2) is 8.62. The molecule has 3 aromatic carbocycles. The van der Waals surface area contributed by atoms with Gasteiger partial charge in [0, 0.05) is 5.56 Å². The van der Waals surface area contributed by atoms with Gasteiger partial charge in [-0.25, -0.2) is 13.2 Å².